The van der Waals surface area contributed by atoms with Crippen molar-refractivity contribution < 1.29 is 13.7 Å². The molecule has 4 rings (SSSR count). The van der Waals surface area contributed by atoms with Crippen molar-refractivity contribution in [2.75, 3.05) is 0 Å². The lowest BCUT2D eigenvalue weighted by Gasteiger charge is -2.06. The lowest BCUT2D eigenvalue weighted by molar-refractivity contribution is 0.243. The zero-order valence-electron chi connectivity index (χ0n) is 14.4. The molecule has 2 aromatic heterocycles. The molecule has 7 heteroatoms. The fourth-order valence-corrected chi connectivity index (χ4v) is 3.20. The van der Waals surface area contributed by atoms with E-state index in [4.69, 9.17) is 13.7 Å². The molecule has 2 aromatic carbocycles. The number of hydrogen-bond acceptors (Lipinski definition) is 6. The molecule has 0 saturated carbocycles. The zero-order valence-corrected chi connectivity index (χ0v) is 16.0. The molecule has 136 valence electrons. The number of hydrogen-bond donors (Lipinski definition) is 0. The van der Waals surface area contributed by atoms with Crippen LogP contribution in [0.15, 0.2) is 66.7 Å². The van der Waals surface area contributed by atoms with Gasteiger partial charge in [-0.15, -0.1) is 0 Å². The van der Waals surface area contributed by atoms with Crippen LogP contribution in [0.2, 0.25) is 0 Å². The molecule has 0 saturated heterocycles. The molecule has 4 aromatic rings. The van der Waals surface area contributed by atoms with E-state index in [-0.39, 0.29) is 12.2 Å². The van der Waals surface area contributed by atoms with Crippen LogP contribution in [-0.4, -0.2) is 10.1 Å². The van der Waals surface area contributed by atoms with Crippen molar-refractivity contribution in [3.05, 3.63) is 74.9 Å². The van der Waals surface area contributed by atoms with Crippen molar-refractivity contribution in [3.63, 3.8) is 0 Å². The van der Waals surface area contributed by atoms with Gasteiger partial charge in [-0.1, -0.05) is 40.1 Å². The van der Waals surface area contributed by atoms with Crippen LogP contribution in [0.5, 0.6) is 5.75 Å². The third-order valence-corrected chi connectivity index (χ3v) is 4.59. The minimum atomic E-state index is -0.368. The number of benzene rings is 2. The predicted octanol–water partition coefficient (Wildman–Crippen LogP) is 4.75. The Hall–Kier alpha value is -2.93. The van der Waals surface area contributed by atoms with E-state index in [9.17, 15) is 4.79 Å². The summed E-state index contributed by atoms with van der Waals surface area (Å²) in [5.41, 5.74) is 1.92. The molecule has 0 fully saturated rings. The number of aryl methyl sites for hydroxylation is 1. The van der Waals surface area contributed by atoms with E-state index >= 15 is 0 Å². The van der Waals surface area contributed by atoms with Gasteiger partial charge in [0.1, 0.15) is 11.3 Å². The second-order valence-corrected chi connectivity index (χ2v) is 6.83. The Morgan fingerprint density at radius 1 is 1.15 bits per heavy atom. The Labute approximate surface area is 162 Å². The maximum Gasteiger partial charge on any atom is 0.336 e. The third-order valence-electron chi connectivity index (χ3n) is 4.10. The standard InChI is InChI=1S/C20H15BrN2O4/c1-2-12-9-19(24)26-17-10-15(6-7-16(12)17)25-11-18-22-20(23-27-18)13-4-3-5-14(21)8-13/h3-10H,2,11H2,1H3. The topological polar surface area (TPSA) is 78.4 Å². The number of aromatic nitrogens is 2. The summed E-state index contributed by atoms with van der Waals surface area (Å²) < 4.78 is 17.2. The summed E-state index contributed by atoms with van der Waals surface area (Å²) in [4.78, 5) is 16.0. The molecule has 0 aliphatic carbocycles. The number of rotatable bonds is 5. The number of halogens is 1. The van der Waals surface area contributed by atoms with Gasteiger partial charge in [0.2, 0.25) is 5.82 Å². The zero-order chi connectivity index (χ0) is 18.8. The summed E-state index contributed by atoms with van der Waals surface area (Å²) in [7, 11) is 0. The predicted molar refractivity (Wildman–Crippen MR) is 104 cm³/mol. The molecule has 0 radical (unpaired) electrons. The van der Waals surface area contributed by atoms with Crippen LogP contribution in [-0.2, 0) is 13.0 Å². The number of fused-ring (bicyclic) bond motifs is 1. The van der Waals surface area contributed by atoms with Crippen molar-refractivity contribution in [2.45, 2.75) is 20.0 Å². The molecule has 0 spiro atoms. The van der Waals surface area contributed by atoms with E-state index in [1.807, 2.05) is 43.3 Å². The van der Waals surface area contributed by atoms with Gasteiger partial charge in [0.15, 0.2) is 6.61 Å². The molecule has 0 unspecified atom stereocenters. The summed E-state index contributed by atoms with van der Waals surface area (Å²) in [6, 6.07) is 14.6. The Morgan fingerprint density at radius 2 is 2.04 bits per heavy atom. The fraction of sp³-hybridized carbons (Fsp3) is 0.150. The lowest BCUT2D eigenvalue weighted by atomic mass is 10.1. The highest BCUT2D eigenvalue weighted by Gasteiger charge is 2.11. The second-order valence-electron chi connectivity index (χ2n) is 5.91. The second kappa shape index (κ2) is 7.36. The van der Waals surface area contributed by atoms with E-state index in [1.54, 1.807) is 6.07 Å². The normalized spacial score (nSPS) is 11.0. The average Bonchev–Trinajstić information content (AvgIpc) is 3.14. The van der Waals surface area contributed by atoms with Crippen LogP contribution in [0.25, 0.3) is 22.4 Å². The van der Waals surface area contributed by atoms with Crippen LogP contribution < -0.4 is 10.4 Å². The molecule has 27 heavy (non-hydrogen) atoms. The van der Waals surface area contributed by atoms with Crippen LogP contribution in [0.1, 0.15) is 18.4 Å². The van der Waals surface area contributed by atoms with E-state index in [0.717, 1.165) is 27.4 Å². The fourth-order valence-electron chi connectivity index (χ4n) is 2.80. The minimum absolute atomic E-state index is 0.115. The Kier molecular flexibility index (Phi) is 4.77. The lowest BCUT2D eigenvalue weighted by Crippen LogP contribution is -2.00. The van der Waals surface area contributed by atoms with Crippen LogP contribution in [0, 0.1) is 0 Å². The van der Waals surface area contributed by atoms with Crippen LogP contribution in [0.4, 0.5) is 0 Å². The highest BCUT2D eigenvalue weighted by Crippen LogP contribution is 2.24. The molecule has 0 aliphatic heterocycles. The first-order valence-corrected chi connectivity index (χ1v) is 9.20. The highest BCUT2D eigenvalue weighted by molar-refractivity contribution is 9.10. The SMILES string of the molecule is CCc1cc(=O)oc2cc(OCc3nc(-c4cccc(Br)c4)no3)ccc12. The van der Waals surface area contributed by atoms with E-state index in [1.165, 1.54) is 6.07 Å². The van der Waals surface area contributed by atoms with Crippen molar-refractivity contribution in [3.8, 4) is 17.1 Å². The summed E-state index contributed by atoms with van der Waals surface area (Å²) in [5.74, 6) is 1.40. The molecule has 0 N–H and O–H groups in total. The van der Waals surface area contributed by atoms with Crippen LogP contribution in [0.3, 0.4) is 0 Å². The Bertz CT molecular complexity index is 1170. The summed E-state index contributed by atoms with van der Waals surface area (Å²) in [5, 5.41) is 4.88. The molecule has 0 atom stereocenters. The summed E-state index contributed by atoms with van der Waals surface area (Å²) in [6.07, 6.45) is 0.753. The first-order chi connectivity index (χ1) is 13.1. The maximum atomic E-state index is 11.7. The third kappa shape index (κ3) is 3.78. The first-order valence-electron chi connectivity index (χ1n) is 8.40. The van der Waals surface area contributed by atoms with E-state index in [0.29, 0.717) is 23.0 Å². The monoisotopic (exact) mass is 426 g/mol. The van der Waals surface area contributed by atoms with Gasteiger partial charge in [0.25, 0.3) is 5.89 Å². The minimum Gasteiger partial charge on any atom is -0.484 e. The van der Waals surface area contributed by atoms with Gasteiger partial charge in [-0.2, -0.15) is 4.98 Å². The molecule has 2 heterocycles. The van der Waals surface area contributed by atoms with Gasteiger partial charge in [-0.25, -0.2) is 4.79 Å². The molecule has 0 amide bonds. The smallest absolute Gasteiger partial charge is 0.336 e. The van der Waals surface area contributed by atoms with Gasteiger partial charge in [-0.05, 0) is 36.2 Å². The van der Waals surface area contributed by atoms with Gasteiger partial charge >= 0.3 is 5.63 Å². The maximum absolute atomic E-state index is 11.7. The van der Waals surface area contributed by atoms with E-state index < -0.39 is 0 Å². The van der Waals surface area contributed by atoms with Crippen molar-refractivity contribution in [2.24, 2.45) is 0 Å². The Morgan fingerprint density at radius 3 is 2.85 bits per heavy atom. The van der Waals surface area contributed by atoms with Crippen LogP contribution >= 0.6 is 15.9 Å². The highest BCUT2D eigenvalue weighted by atomic mass is 79.9. The van der Waals surface area contributed by atoms with Gasteiger partial charge < -0.3 is 13.7 Å². The Balaban J connectivity index is 1.53. The van der Waals surface area contributed by atoms with Gasteiger partial charge in [0, 0.05) is 27.6 Å². The van der Waals surface area contributed by atoms with Gasteiger partial charge in [-0.3, -0.25) is 0 Å². The largest absolute Gasteiger partial charge is 0.484 e. The molecule has 6 nitrogen and oxygen atoms in total. The number of nitrogens with zero attached hydrogens (tertiary/aromatic N) is 2. The molecular weight excluding hydrogens is 412 g/mol. The van der Waals surface area contributed by atoms with E-state index in [2.05, 4.69) is 26.1 Å². The quantitative estimate of drug-likeness (QED) is 0.428. The van der Waals surface area contributed by atoms with Crippen molar-refractivity contribution in [1.29, 1.82) is 0 Å². The summed E-state index contributed by atoms with van der Waals surface area (Å²) in [6.45, 7) is 2.11. The first kappa shape index (κ1) is 17.5. The molecule has 0 aliphatic rings. The number of ether oxygens (including phenoxy) is 1. The van der Waals surface area contributed by atoms with Crippen molar-refractivity contribution in [1.82, 2.24) is 10.1 Å². The molecule has 0 bridgehead atoms. The summed E-state index contributed by atoms with van der Waals surface area (Å²) >= 11 is 3.42. The van der Waals surface area contributed by atoms with Crippen molar-refractivity contribution >= 4 is 26.9 Å². The average molecular weight is 427 g/mol. The molecular formula is C20H15BrN2O4. The van der Waals surface area contributed by atoms with Gasteiger partial charge in [0.05, 0.1) is 0 Å².